The van der Waals surface area contributed by atoms with Gasteiger partial charge in [0.2, 0.25) is 0 Å². The normalized spacial score (nSPS) is 22.1. The van der Waals surface area contributed by atoms with Gasteiger partial charge in [0.15, 0.2) is 6.23 Å². The summed E-state index contributed by atoms with van der Waals surface area (Å²) in [6.45, 7) is 6.51. The van der Waals surface area contributed by atoms with E-state index >= 15 is 0 Å². The molecule has 0 aliphatic carbocycles. The molecule has 2 rings (SSSR count). The highest BCUT2D eigenvalue weighted by Gasteiger charge is 2.33. The number of ether oxygens (including phenoxy) is 2. The predicted octanol–water partition coefficient (Wildman–Crippen LogP) is 2.76. The second kappa shape index (κ2) is 6.48. The van der Waals surface area contributed by atoms with Crippen LogP contribution in [0.3, 0.4) is 0 Å². The molecule has 116 valence electrons. The SMILES string of the molecule is COc1cccc(CC2CCNC2OC(=O)C(C)(C)C)c1. The first-order valence-corrected chi connectivity index (χ1v) is 7.47. The lowest BCUT2D eigenvalue weighted by atomic mass is 9.95. The van der Waals surface area contributed by atoms with Gasteiger partial charge in [-0.3, -0.25) is 10.1 Å². The number of hydrogen-bond acceptors (Lipinski definition) is 4. The van der Waals surface area contributed by atoms with Crippen molar-refractivity contribution in [3.8, 4) is 5.75 Å². The Morgan fingerprint density at radius 1 is 1.38 bits per heavy atom. The first-order chi connectivity index (χ1) is 9.90. The van der Waals surface area contributed by atoms with Gasteiger partial charge < -0.3 is 9.47 Å². The van der Waals surface area contributed by atoms with Gasteiger partial charge in [-0.05, 0) is 57.9 Å². The van der Waals surface area contributed by atoms with Crippen LogP contribution in [0.2, 0.25) is 0 Å². The van der Waals surface area contributed by atoms with E-state index in [2.05, 4.69) is 11.4 Å². The van der Waals surface area contributed by atoms with Crippen molar-refractivity contribution in [1.29, 1.82) is 0 Å². The predicted molar refractivity (Wildman–Crippen MR) is 82.1 cm³/mol. The van der Waals surface area contributed by atoms with E-state index in [-0.39, 0.29) is 12.2 Å². The smallest absolute Gasteiger partial charge is 0.312 e. The van der Waals surface area contributed by atoms with E-state index in [1.54, 1.807) is 7.11 Å². The summed E-state index contributed by atoms with van der Waals surface area (Å²) in [5, 5.41) is 3.28. The third-order valence-corrected chi connectivity index (χ3v) is 3.77. The number of nitrogens with one attached hydrogen (secondary N) is 1. The number of esters is 1. The molecule has 1 saturated heterocycles. The maximum Gasteiger partial charge on any atom is 0.312 e. The van der Waals surface area contributed by atoms with Crippen LogP contribution in [-0.4, -0.2) is 25.9 Å². The Labute approximate surface area is 126 Å². The molecule has 0 radical (unpaired) electrons. The zero-order valence-electron chi connectivity index (χ0n) is 13.3. The minimum atomic E-state index is -0.467. The number of carbonyl (C=O) groups excluding carboxylic acids is 1. The van der Waals surface area contributed by atoms with Gasteiger partial charge in [-0.2, -0.15) is 0 Å². The van der Waals surface area contributed by atoms with E-state index < -0.39 is 5.41 Å². The first kappa shape index (κ1) is 15.8. The summed E-state index contributed by atoms with van der Waals surface area (Å²) in [6, 6.07) is 8.06. The molecule has 2 unspecified atom stereocenters. The van der Waals surface area contributed by atoms with Gasteiger partial charge in [0, 0.05) is 5.92 Å². The van der Waals surface area contributed by atoms with Crippen molar-refractivity contribution in [3.05, 3.63) is 29.8 Å². The molecule has 21 heavy (non-hydrogen) atoms. The number of hydrogen-bond donors (Lipinski definition) is 1. The molecule has 0 spiro atoms. The molecule has 4 heteroatoms. The van der Waals surface area contributed by atoms with Crippen molar-refractivity contribution in [2.75, 3.05) is 13.7 Å². The molecular formula is C17H25NO3. The van der Waals surface area contributed by atoms with Crippen LogP contribution in [0.5, 0.6) is 5.75 Å². The maximum absolute atomic E-state index is 12.0. The van der Waals surface area contributed by atoms with E-state index in [4.69, 9.17) is 9.47 Å². The number of methoxy groups -OCH3 is 1. The average molecular weight is 291 g/mol. The lowest BCUT2D eigenvalue weighted by Gasteiger charge is -2.24. The number of rotatable bonds is 4. The fourth-order valence-electron chi connectivity index (χ4n) is 2.47. The lowest BCUT2D eigenvalue weighted by molar-refractivity contribution is -0.161. The van der Waals surface area contributed by atoms with Crippen molar-refractivity contribution >= 4 is 5.97 Å². The zero-order chi connectivity index (χ0) is 15.5. The summed E-state index contributed by atoms with van der Waals surface area (Å²) < 4.78 is 10.9. The van der Waals surface area contributed by atoms with E-state index in [0.717, 1.165) is 25.1 Å². The first-order valence-electron chi connectivity index (χ1n) is 7.47. The Bertz CT molecular complexity index is 493. The van der Waals surface area contributed by atoms with Crippen LogP contribution >= 0.6 is 0 Å². The largest absolute Gasteiger partial charge is 0.497 e. The van der Waals surface area contributed by atoms with Gasteiger partial charge in [0.25, 0.3) is 0 Å². The van der Waals surface area contributed by atoms with Crippen molar-refractivity contribution in [3.63, 3.8) is 0 Å². The molecule has 1 aliphatic heterocycles. The van der Waals surface area contributed by atoms with Gasteiger partial charge >= 0.3 is 5.97 Å². The summed E-state index contributed by atoms with van der Waals surface area (Å²) in [7, 11) is 1.67. The standard InChI is InChI=1S/C17H25NO3/c1-17(2,3)16(19)21-15-13(8-9-18-15)10-12-6-5-7-14(11-12)20-4/h5-7,11,13,15,18H,8-10H2,1-4H3. The highest BCUT2D eigenvalue weighted by Crippen LogP contribution is 2.26. The summed E-state index contributed by atoms with van der Waals surface area (Å²) in [6.07, 6.45) is 1.70. The molecule has 0 amide bonds. The summed E-state index contributed by atoms with van der Waals surface area (Å²) >= 11 is 0. The summed E-state index contributed by atoms with van der Waals surface area (Å²) in [5.41, 5.74) is 0.741. The van der Waals surface area contributed by atoms with Crippen LogP contribution < -0.4 is 10.1 Å². The van der Waals surface area contributed by atoms with E-state index in [0.29, 0.717) is 5.92 Å². The second-order valence-corrected chi connectivity index (χ2v) is 6.63. The minimum Gasteiger partial charge on any atom is -0.497 e. The molecule has 1 aliphatic rings. The van der Waals surface area contributed by atoms with Crippen LogP contribution in [0.15, 0.2) is 24.3 Å². The quantitative estimate of drug-likeness (QED) is 0.867. The summed E-state index contributed by atoms with van der Waals surface area (Å²) in [4.78, 5) is 12.0. The van der Waals surface area contributed by atoms with Gasteiger partial charge in [-0.1, -0.05) is 12.1 Å². The molecule has 1 heterocycles. The van der Waals surface area contributed by atoms with Gasteiger partial charge in [0.05, 0.1) is 12.5 Å². The van der Waals surface area contributed by atoms with Crippen molar-refractivity contribution in [2.24, 2.45) is 11.3 Å². The highest BCUT2D eigenvalue weighted by molar-refractivity contribution is 5.75. The van der Waals surface area contributed by atoms with Crippen molar-refractivity contribution in [1.82, 2.24) is 5.32 Å². The fraction of sp³-hybridized carbons (Fsp3) is 0.588. The topological polar surface area (TPSA) is 47.6 Å². The molecule has 1 fully saturated rings. The van der Waals surface area contributed by atoms with Gasteiger partial charge in [-0.15, -0.1) is 0 Å². The average Bonchev–Trinajstić information content (AvgIpc) is 2.85. The Morgan fingerprint density at radius 3 is 2.81 bits per heavy atom. The lowest BCUT2D eigenvalue weighted by Crippen LogP contribution is -2.37. The van der Waals surface area contributed by atoms with Crippen LogP contribution in [0.1, 0.15) is 32.8 Å². The van der Waals surface area contributed by atoms with E-state index in [1.165, 1.54) is 5.56 Å². The molecule has 1 aromatic carbocycles. The van der Waals surface area contributed by atoms with Gasteiger partial charge in [-0.25, -0.2) is 0 Å². The van der Waals surface area contributed by atoms with Crippen molar-refractivity contribution in [2.45, 2.75) is 39.8 Å². The Hall–Kier alpha value is -1.55. The van der Waals surface area contributed by atoms with Crippen LogP contribution in [0, 0.1) is 11.3 Å². The monoisotopic (exact) mass is 291 g/mol. The molecule has 4 nitrogen and oxygen atoms in total. The Balaban J connectivity index is 2.00. The fourth-order valence-corrected chi connectivity index (χ4v) is 2.47. The Kier molecular flexibility index (Phi) is 4.88. The number of benzene rings is 1. The molecular weight excluding hydrogens is 266 g/mol. The molecule has 0 aromatic heterocycles. The van der Waals surface area contributed by atoms with Crippen LogP contribution in [-0.2, 0) is 16.0 Å². The third kappa shape index (κ3) is 4.21. The van der Waals surface area contributed by atoms with Crippen LogP contribution in [0.4, 0.5) is 0 Å². The van der Waals surface area contributed by atoms with Crippen molar-refractivity contribution < 1.29 is 14.3 Å². The van der Waals surface area contributed by atoms with E-state index in [1.807, 2.05) is 39.0 Å². The van der Waals surface area contributed by atoms with E-state index in [9.17, 15) is 4.79 Å². The molecule has 2 atom stereocenters. The zero-order valence-corrected chi connectivity index (χ0v) is 13.3. The summed E-state index contributed by atoms with van der Waals surface area (Å²) in [5.74, 6) is 1.02. The second-order valence-electron chi connectivity index (χ2n) is 6.63. The molecule has 0 bridgehead atoms. The van der Waals surface area contributed by atoms with Gasteiger partial charge in [0.1, 0.15) is 5.75 Å². The van der Waals surface area contributed by atoms with Crippen LogP contribution in [0.25, 0.3) is 0 Å². The molecule has 1 N–H and O–H groups in total. The Morgan fingerprint density at radius 2 is 2.14 bits per heavy atom. The third-order valence-electron chi connectivity index (χ3n) is 3.77. The highest BCUT2D eigenvalue weighted by atomic mass is 16.6. The minimum absolute atomic E-state index is 0.155. The maximum atomic E-state index is 12.0. The number of carbonyl (C=O) groups is 1. The molecule has 1 aromatic rings. The molecule has 0 saturated carbocycles.